The molecule has 0 aliphatic heterocycles. The predicted octanol–water partition coefficient (Wildman–Crippen LogP) is 3.46. The fraction of sp³-hybridized carbons (Fsp3) is 0.594. The number of methoxy groups -OCH3 is 2. The van der Waals surface area contributed by atoms with Gasteiger partial charge in [0.2, 0.25) is 0 Å². The highest BCUT2D eigenvalue weighted by Crippen LogP contribution is 2.24. The molecule has 0 heterocycles. The van der Waals surface area contributed by atoms with Gasteiger partial charge in [-0.3, -0.25) is 10.1 Å². The first-order chi connectivity index (χ1) is 23.5. The summed E-state index contributed by atoms with van der Waals surface area (Å²) in [7, 11) is 3.24. The minimum atomic E-state index is -0.980. The summed E-state index contributed by atoms with van der Waals surface area (Å²) in [5.41, 5.74) is 0.448. The first-order valence-electron chi connectivity index (χ1n) is 15.4. The molecule has 0 fully saturated rings. The van der Waals surface area contributed by atoms with Crippen LogP contribution in [-0.4, -0.2) is 131 Å². The van der Waals surface area contributed by atoms with E-state index in [-0.39, 0.29) is 31.3 Å². The van der Waals surface area contributed by atoms with Crippen molar-refractivity contribution in [3.05, 3.63) is 58.1 Å². The van der Waals surface area contributed by atoms with E-state index in [0.717, 1.165) is 0 Å². The number of nitrogens with zero attached hydrogens (tertiary/aromatic N) is 1. The molecule has 0 spiro atoms. The van der Waals surface area contributed by atoms with Crippen LogP contribution in [0.4, 0.5) is 10.5 Å². The zero-order chi connectivity index (χ0) is 34.5. The number of non-ortho nitro benzene ring substituents is 1. The van der Waals surface area contributed by atoms with Crippen molar-refractivity contribution in [2.75, 3.05) is 120 Å². The van der Waals surface area contributed by atoms with Gasteiger partial charge < -0.3 is 56.8 Å². The summed E-state index contributed by atoms with van der Waals surface area (Å²) in [4.78, 5) is 22.5. The summed E-state index contributed by atoms with van der Waals surface area (Å²) in [5, 5.41) is 10.8. The van der Waals surface area contributed by atoms with Crippen molar-refractivity contribution in [1.29, 1.82) is 0 Å². The zero-order valence-electron chi connectivity index (χ0n) is 27.6. The topological polar surface area (TPSA) is 171 Å². The maximum atomic E-state index is 12.3. The third-order valence-corrected chi connectivity index (χ3v) is 5.89. The van der Waals surface area contributed by atoms with Gasteiger partial charge in [-0.05, 0) is 29.8 Å². The minimum absolute atomic E-state index is 0.105. The number of benzene rings is 2. The Morgan fingerprint density at radius 2 is 0.958 bits per heavy atom. The third kappa shape index (κ3) is 20.6. The molecule has 0 aliphatic rings. The van der Waals surface area contributed by atoms with E-state index in [4.69, 9.17) is 56.8 Å². The second-order valence-electron chi connectivity index (χ2n) is 9.56. The molecule has 0 amide bonds. The predicted molar refractivity (Wildman–Crippen MR) is 170 cm³/mol. The molecule has 2 aromatic rings. The van der Waals surface area contributed by atoms with Gasteiger partial charge in [0.25, 0.3) is 5.69 Å². The molecule has 48 heavy (non-hydrogen) atoms. The monoisotopic (exact) mass is 685 g/mol. The lowest BCUT2D eigenvalue weighted by atomic mass is 10.2. The van der Waals surface area contributed by atoms with E-state index in [9.17, 15) is 14.9 Å². The number of nitro benzene ring substituents is 1. The highest BCUT2D eigenvalue weighted by atomic mass is 16.7. The molecular weight excluding hydrogens is 638 g/mol. The second-order valence-corrected chi connectivity index (χ2v) is 9.56. The minimum Gasteiger partial charge on any atom is -0.491 e. The van der Waals surface area contributed by atoms with E-state index in [1.165, 1.54) is 24.3 Å². The number of carbonyl (C=O) groups excluding carboxylic acids is 1. The van der Waals surface area contributed by atoms with E-state index >= 15 is 0 Å². The van der Waals surface area contributed by atoms with Crippen LogP contribution >= 0.6 is 0 Å². The molecule has 0 radical (unpaired) electrons. The molecule has 0 N–H and O–H groups in total. The van der Waals surface area contributed by atoms with Crippen LogP contribution in [0.5, 0.6) is 17.2 Å². The van der Waals surface area contributed by atoms with Gasteiger partial charge in [0.1, 0.15) is 37.1 Å². The Bertz CT molecular complexity index is 1070. The summed E-state index contributed by atoms with van der Waals surface area (Å²) in [5.74, 6) is 1.06. The normalized spacial score (nSPS) is 11.0. The van der Waals surface area contributed by atoms with Gasteiger partial charge in [-0.2, -0.15) is 0 Å². The number of hydrogen-bond donors (Lipinski definition) is 0. The standard InChI is InChI=1S/C32H47NO15/c1-37-7-9-39-11-13-41-15-17-43-19-21-45-30-23-27(26-47-32(34)48-29-5-3-28(4-6-29)33(35)36)24-31(25-30)46-22-20-44-18-16-42-14-12-40-10-8-38-2/h3-6,23-25H,7-22,26H2,1-2H3. The number of hydrogen-bond acceptors (Lipinski definition) is 15. The van der Waals surface area contributed by atoms with Gasteiger partial charge in [-0.25, -0.2) is 4.79 Å². The van der Waals surface area contributed by atoms with Gasteiger partial charge in [0.15, 0.2) is 0 Å². The quantitative estimate of drug-likeness (QED) is 0.0385. The van der Waals surface area contributed by atoms with Crippen LogP contribution < -0.4 is 14.2 Å². The molecule has 0 atom stereocenters. The number of nitro groups is 1. The van der Waals surface area contributed by atoms with Crippen LogP contribution in [0.25, 0.3) is 0 Å². The lowest BCUT2D eigenvalue weighted by molar-refractivity contribution is -0.384. The zero-order valence-corrected chi connectivity index (χ0v) is 27.6. The van der Waals surface area contributed by atoms with Gasteiger partial charge in [0.05, 0.1) is 97.4 Å². The van der Waals surface area contributed by atoms with Crippen LogP contribution in [0.2, 0.25) is 0 Å². The summed E-state index contributed by atoms with van der Waals surface area (Å²) < 4.78 is 64.5. The molecule has 0 saturated carbocycles. The van der Waals surface area contributed by atoms with Crippen LogP contribution in [-0.2, 0) is 49.2 Å². The molecule has 2 rings (SSSR count). The van der Waals surface area contributed by atoms with E-state index in [1.807, 2.05) is 0 Å². The summed E-state index contributed by atoms with van der Waals surface area (Å²) in [6.07, 6.45) is -0.980. The third-order valence-electron chi connectivity index (χ3n) is 5.89. The van der Waals surface area contributed by atoms with Crippen molar-refractivity contribution in [3.63, 3.8) is 0 Å². The summed E-state index contributed by atoms with van der Waals surface area (Å²) in [6, 6.07) is 10.2. The van der Waals surface area contributed by atoms with Crippen molar-refractivity contribution in [1.82, 2.24) is 0 Å². The number of ether oxygens (including phenoxy) is 12. The largest absolute Gasteiger partial charge is 0.514 e. The van der Waals surface area contributed by atoms with E-state index in [0.29, 0.717) is 110 Å². The summed E-state index contributed by atoms with van der Waals surface area (Å²) in [6.45, 7) is 6.68. The van der Waals surface area contributed by atoms with Gasteiger partial charge in [0, 0.05) is 32.4 Å². The van der Waals surface area contributed by atoms with Crippen molar-refractivity contribution in [2.45, 2.75) is 6.61 Å². The van der Waals surface area contributed by atoms with Crippen molar-refractivity contribution in [3.8, 4) is 17.2 Å². The van der Waals surface area contributed by atoms with E-state index in [1.54, 1.807) is 32.4 Å². The second kappa shape index (κ2) is 27.4. The Morgan fingerprint density at radius 1 is 0.562 bits per heavy atom. The Balaban J connectivity index is 1.76. The van der Waals surface area contributed by atoms with Crippen molar-refractivity contribution >= 4 is 11.8 Å². The average Bonchev–Trinajstić information content (AvgIpc) is 3.08. The van der Waals surface area contributed by atoms with Gasteiger partial charge >= 0.3 is 6.16 Å². The van der Waals surface area contributed by atoms with Crippen LogP contribution in [0.15, 0.2) is 42.5 Å². The highest BCUT2D eigenvalue weighted by molar-refractivity contribution is 5.64. The van der Waals surface area contributed by atoms with Crippen LogP contribution in [0.1, 0.15) is 5.56 Å². The van der Waals surface area contributed by atoms with Crippen LogP contribution in [0, 0.1) is 10.1 Å². The Morgan fingerprint density at radius 3 is 1.35 bits per heavy atom. The van der Waals surface area contributed by atoms with Crippen molar-refractivity contribution < 1.29 is 66.6 Å². The van der Waals surface area contributed by atoms with Crippen LogP contribution in [0.3, 0.4) is 0 Å². The fourth-order valence-electron chi connectivity index (χ4n) is 3.59. The number of rotatable bonds is 30. The SMILES string of the molecule is COCCOCCOCCOCCOc1cc(COC(=O)Oc2ccc([N+](=O)[O-])cc2)cc(OCCOCCOCCOCCOC)c1. The first kappa shape index (κ1) is 40.6. The molecule has 16 heteroatoms. The maximum absolute atomic E-state index is 12.3. The lowest BCUT2D eigenvalue weighted by Crippen LogP contribution is -2.14. The molecule has 0 bridgehead atoms. The lowest BCUT2D eigenvalue weighted by Gasteiger charge is -2.13. The van der Waals surface area contributed by atoms with Gasteiger partial charge in [-0.1, -0.05) is 0 Å². The maximum Gasteiger partial charge on any atom is 0.514 e. The molecule has 16 nitrogen and oxygen atoms in total. The molecule has 0 aromatic heterocycles. The number of carbonyl (C=O) groups is 1. The molecule has 0 saturated heterocycles. The van der Waals surface area contributed by atoms with E-state index < -0.39 is 11.1 Å². The highest BCUT2D eigenvalue weighted by Gasteiger charge is 2.11. The molecule has 0 aliphatic carbocycles. The molecule has 2 aromatic carbocycles. The Hall–Kier alpha value is -3.61. The first-order valence-corrected chi connectivity index (χ1v) is 15.4. The average molecular weight is 686 g/mol. The smallest absolute Gasteiger partial charge is 0.491 e. The fourth-order valence-corrected chi connectivity index (χ4v) is 3.59. The van der Waals surface area contributed by atoms with E-state index in [2.05, 4.69) is 0 Å². The molecular formula is C32H47NO15. The Kier molecular flexibility index (Phi) is 23.1. The van der Waals surface area contributed by atoms with Gasteiger partial charge in [-0.15, -0.1) is 0 Å². The summed E-state index contributed by atoms with van der Waals surface area (Å²) >= 11 is 0. The molecule has 270 valence electrons. The molecule has 0 unspecified atom stereocenters. The Labute approximate surface area is 280 Å². The van der Waals surface area contributed by atoms with Crippen molar-refractivity contribution in [2.24, 2.45) is 0 Å².